The van der Waals surface area contributed by atoms with Gasteiger partial charge in [-0.2, -0.15) is 16.8 Å². The van der Waals surface area contributed by atoms with Crippen molar-refractivity contribution >= 4 is 20.8 Å². The summed E-state index contributed by atoms with van der Waals surface area (Å²) in [4.78, 5) is 0. The Morgan fingerprint density at radius 1 is 1.03 bits per heavy atom. The van der Waals surface area contributed by atoms with Crippen molar-refractivity contribution in [2.75, 3.05) is 6.61 Å². The Morgan fingerprint density at radius 3 is 2.41 bits per heavy atom. The maximum Gasteiger partial charge on any atom is 0.397 e. The quantitative estimate of drug-likeness (QED) is 0.268. The zero-order valence-electron chi connectivity index (χ0n) is 22.5. The highest BCUT2D eigenvalue weighted by Gasteiger charge is 2.59. The molecular weight excluding hydrogens is 516 g/mol. The van der Waals surface area contributed by atoms with Gasteiger partial charge in [0.05, 0.1) is 12.7 Å². The lowest BCUT2D eigenvalue weighted by Crippen LogP contribution is -2.51. The van der Waals surface area contributed by atoms with Crippen LogP contribution >= 0.6 is 0 Å². The summed E-state index contributed by atoms with van der Waals surface area (Å²) in [5.41, 5.74) is 1.33. The Balaban J connectivity index is 1.54. The van der Waals surface area contributed by atoms with Gasteiger partial charge in [-0.1, -0.05) is 51.5 Å². The van der Waals surface area contributed by atoms with Crippen LogP contribution in [-0.2, 0) is 29.2 Å². The molecule has 8 atom stereocenters. The van der Waals surface area contributed by atoms with Gasteiger partial charge < -0.3 is 0 Å². The van der Waals surface area contributed by atoms with E-state index in [-0.39, 0.29) is 29.3 Å². The summed E-state index contributed by atoms with van der Waals surface area (Å²) in [5.74, 6) is 2.26. The van der Waals surface area contributed by atoms with Crippen molar-refractivity contribution in [1.82, 2.24) is 0 Å². The van der Waals surface area contributed by atoms with E-state index in [0.717, 1.165) is 44.9 Å². The predicted molar refractivity (Wildman–Crippen MR) is 141 cm³/mol. The van der Waals surface area contributed by atoms with E-state index in [1.165, 1.54) is 5.57 Å². The van der Waals surface area contributed by atoms with Gasteiger partial charge in [-0.05, 0) is 98.2 Å². The zero-order chi connectivity index (χ0) is 27.2. The van der Waals surface area contributed by atoms with Gasteiger partial charge in [0.2, 0.25) is 0 Å². The van der Waals surface area contributed by atoms with Crippen LogP contribution in [0.5, 0.6) is 0 Å². The molecule has 3 fully saturated rings. The van der Waals surface area contributed by atoms with Crippen molar-refractivity contribution in [2.24, 2.45) is 46.3 Å². The fourth-order valence-electron chi connectivity index (χ4n) is 8.62. The van der Waals surface area contributed by atoms with E-state index in [2.05, 4.69) is 45.9 Å². The van der Waals surface area contributed by atoms with Crippen molar-refractivity contribution in [2.45, 2.75) is 91.6 Å². The molecule has 0 aromatic rings. The van der Waals surface area contributed by atoms with Crippen LogP contribution in [0.4, 0.5) is 0 Å². The van der Waals surface area contributed by atoms with Gasteiger partial charge in [0.25, 0.3) is 0 Å². The minimum atomic E-state index is -4.50. The van der Waals surface area contributed by atoms with Gasteiger partial charge >= 0.3 is 20.8 Å². The van der Waals surface area contributed by atoms with E-state index in [9.17, 15) is 21.4 Å². The lowest BCUT2D eigenvalue weighted by molar-refractivity contribution is -0.0558. The molecule has 0 radical (unpaired) electrons. The number of fused-ring (bicyclic) bond motifs is 5. The maximum absolute atomic E-state index is 11.4. The molecule has 4 aliphatic carbocycles. The van der Waals surface area contributed by atoms with Crippen LogP contribution < -0.4 is 0 Å². The summed E-state index contributed by atoms with van der Waals surface area (Å²) in [6.07, 6.45) is 14.1. The second kappa shape index (κ2) is 10.7. The maximum atomic E-state index is 11.4. The third kappa shape index (κ3) is 6.35. The average Bonchev–Trinajstić information content (AvgIpc) is 3.11. The first kappa shape index (κ1) is 29.2. The second-order valence-corrected chi connectivity index (χ2v) is 14.9. The third-order valence-corrected chi connectivity index (χ3v) is 11.3. The highest BCUT2D eigenvalue weighted by Crippen LogP contribution is 2.67. The number of allylic oxidation sites excluding steroid dienone is 2. The van der Waals surface area contributed by atoms with E-state index >= 15 is 0 Å². The monoisotopic (exact) mass is 560 g/mol. The normalized spacial score (nSPS) is 39.2. The second-order valence-electron chi connectivity index (χ2n) is 12.8. The molecule has 0 heterocycles. The Kier molecular flexibility index (Phi) is 8.41. The molecule has 0 aromatic carbocycles. The molecule has 37 heavy (non-hydrogen) atoms. The SMILES string of the molecule is CC(C)CC=CC(COS(=O)(=O)O)C1CCC2C3CC=C4CC(OS(=O)(=O)O)CCC4(C)C3CCC12C. The summed E-state index contributed by atoms with van der Waals surface area (Å²) < 4.78 is 73.6. The molecule has 10 heteroatoms. The molecule has 0 aromatic heterocycles. The van der Waals surface area contributed by atoms with Crippen LogP contribution in [0, 0.1) is 46.3 Å². The van der Waals surface area contributed by atoms with Crippen LogP contribution in [0.25, 0.3) is 0 Å². The standard InChI is InChI=1S/C27H44O8S2/c1-18(2)6-5-7-19(17-34-36(28,29)30)23-10-11-24-22-9-8-20-16-21(35-37(31,32)33)12-14-26(20,3)25(22)13-15-27(23,24)4/h5,7-8,18-19,21-25H,6,9-17H2,1-4H3,(H,28,29,30)(H,31,32,33). The molecule has 0 bridgehead atoms. The average molecular weight is 561 g/mol. The van der Waals surface area contributed by atoms with Crippen LogP contribution in [-0.4, -0.2) is 38.7 Å². The van der Waals surface area contributed by atoms with Gasteiger partial charge in [-0.3, -0.25) is 9.11 Å². The Morgan fingerprint density at radius 2 is 1.76 bits per heavy atom. The van der Waals surface area contributed by atoms with Gasteiger partial charge in [0, 0.05) is 5.92 Å². The van der Waals surface area contributed by atoms with Crippen molar-refractivity contribution in [3.63, 3.8) is 0 Å². The smallest absolute Gasteiger partial charge is 0.264 e. The number of hydrogen-bond donors (Lipinski definition) is 2. The van der Waals surface area contributed by atoms with Crippen molar-refractivity contribution in [1.29, 1.82) is 0 Å². The fourth-order valence-corrected chi connectivity index (χ4v) is 9.46. The third-order valence-electron chi connectivity index (χ3n) is 10.3. The Hall–Kier alpha value is -0.780. The van der Waals surface area contributed by atoms with E-state index in [4.69, 9.17) is 12.9 Å². The molecule has 2 N–H and O–H groups in total. The van der Waals surface area contributed by atoms with Crippen LogP contribution in [0.1, 0.15) is 85.5 Å². The van der Waals surface area contributed by atoms with E-state index in [0.29, 0.717) is 36.5 Å². The lowest BCUT2D eigenvalue weighted by atomic mass is 9.47. The fraction of sp³-hybridized carbons (Fsp3) is 0.852. The van der Waals surface area contributed by atoms with Crippen molar-refractivity contribution in [3.8, 4) is 0 Å². The van der Waals surface area contributed by atoms with Crippen LogP contribution in [0.15, 0.2) is 23.8 Å². The summed E-state index contributed by atoms with van der Waals surface area (Å²) in [6.45, 7) is 8.96. The first-order valence-corrected chi connectivity index (χ1v) is 16.5. The first-order chi connectivity index (χ1) is 17.1. The molecule has 0 aliphatic heterocycles. The molecule has 8 nitrogen and oxygen atoms in total. The van der Waals surface area contributed by atoms with Gasteiger partial charge in [0.15, 0.2) is 0 Å². The summed E-state index contributed by atoms with van der Waals surface area (Å²) in [6, 6.07) is 0. The summed E-state index contributed by atoms with van der Waals surface area (Å²) >= 11 is 0. The van der Waals surface area contributed by atoms with Crippen molar-refractivity contribution < 1.29 is 34.3 Å². The van der Waals surface area contributed by atoms with E-state index in [1.807, 2.05) is 0 Å². The molecular formula is C27H44O8S2. The molecule has 3 saturated carbocycles. The van der Waals surface area contributed by atoms with Crippen LogP contribution in [0.2, 0.25) is 0 Å². The molecule has 0 spiro atoms. The summed E-state index contributed by atoms with van der Waals surface area (Å²) in [5, 5.41) is 0. The minimum Gasteiger partial charge on any atom is -0.264 e. The van der Waals surface area contributed by atoms with E-state index in [1.54, 1.807) is 0 Å². The first-order valence-electron chi connectivity index (χ1n) is 13.8. The largest absolute Gasteiger partial charge is 0.397 e. The number of rotatable bonds is 9. The predicted octanol–water partition coefficient (Wildman–Crippen LogP) is 5.79. The summed E-state index contributed by atoms with van der Waals surface area (Å²) in [7, 11) is -8.96. The molecule has 212 valence electrons. The molecule has 4 rings (SSSR count). The Labute approximate surface area is 223 Å². The van der Waals surface area contributed by atoms with Crippen molar-refractivity contribution in [3.05, 3.63) is 23.8 Å². The van der Waals surface area contributed by atoms with Gasteiger partial charge in [-0.25, -0.2) is 8.37 Å². The van der Waals surface area contributed by atoms with Gasteiger partial charge in [-0.15, -0.1) is 0 Å². The van der Waals surface area contributed by atoms with E-state index < -0.39 is 26.9 Å². The number of hydrogen-bond acceptors (Lipinski definition) is 6. The van der Waals surface area contributed by atoms with Crippen LogP contribution in [0.3, 0.4) is 0 Å². The molecule has 8 unspecified atom stereocenters. The molecule has 0 amide bonds. The topological polar surface area (TPSA) is 127 Å². The molecule has 0 saturated heterocycles. The minimum absolute atomic E-state index is 0.00601. The highest BCUT2D eigenvalue weighted by molar-refractivity contribution is 7.81. The zero-order valence-corrected chi connectivity index (χ0v) is 24.1. The lowest BCUT2D eigenvalue weighted by Gasteiger charge is -2.58. The Bertz CT molecular complexity index is 1110. The van der Waals surface area contributed by atoms with Gasteiger partial charge in [0.1, 0.15) is 0 Å². The molecule has 4 aliphatic rings. The highest BCUT2D eigenvalue weighted by atomic mass is 32.3.